The van der Waals surface area contributed by atoms with E-state index in [1.807, 2.05) is 17.5 Å². The second kappa shape index (κ2) is 10.2. The Morgan fingerprint density at radius 3 is 2.71 bits per heavy atom. The van der Waals surface area contributed by atoms with Crippen molar-refractivity contribution in [1.82, 2.24) is 20.6 Å². The highest BCUT2D eigenvalue weighted by atomic mass is 127. The third-order valence-electron chi connectivity index (χ3n) is 3.42. The lowest BCUT2D eigenvalue weighted by molar-refractivity contribution is -0.140. The topological polar surface area (TPSA) is 75.3 Å². The van der Waals surface area contributed by atoms with Crippen molar-refractivity contribution < 1.29 is 17.6 Å². The zero-order valence-electron chi connectivity index (χ0n) is 14.6. The molecule has 0 atom stereocenters. The maximum Gasteiger partial charge on any atom is 0.434 e. The second-order valence-electron chi connectivity index (χ2n) is 5.35. The first-order valence-corrected chi connectivity index (χ1v) is 9.66. The minimum Gasteiger partial charge on any atom is -0.443 e. The molecule has 6 nitrogen and oxygen atoms in total. The van der Waals surface area contributed by atoms with Gasteiger partial charge in [-0.3, -0.25) is 4.99 Å². The van der Waals surface area contributed by atoms with Crippen LogP contribution in [0.15, 0.2) is 38.6 Å². The van der Waals surface area contributed by atoms with Gasteiger partial charge in [-0.05, 0) is 11.4 Å². The lowest BCUT2D eigenvalue weighted by atomic mass is 10.4. The highest BCUT2D eigenvalue weighted by Gasteiger charge is 2.33. The first-order chi connectivity index (χ1) is 13.0. The number of hydrogen-bond donors (Lipinski definition) is 2. The first kappa shape index (κ1) is 22.6. The molecule has 0 aliphatic heterocycles. The summed E-state index contributed by atoms with van der Waals surface area (Å²) in [5.74, 6) is 1.08. The molecule has 0 aromatic carbocycles. The number of thiazole rings is 1. The lowest BCUT2D eigenvalue weighted by Gasteiger charge is -2.09. The molecule has 0 unspecified atom stereocenters. The van der Waals surface area contributed by atoms with E-state index in [1.54, 1.807) is 24.6 Å². The van der Waals surface area contributed by atoms with Crippen LogP contribution in [0.4, 0.5) is 13.2 Å². The van der Waals surface area contributed by atoms with Gasteiger partial charge in [-0.25, -0.2) is 9.97 Å². The SMILES string of the molecule is CN=C(NCCc1nc(C(F)(F)F)cs1)NCc1coc(-c2cccs2)n1.I. The minimum atomic E-state index is -4.40. The van der Waals surface area contributed by atoms with Gasteiger partial charge in [0.2, 0.25) is 5.89 Å². The predicted molar refractivity (Wildman–Crippen MR) is 114 cm³/mol. The molecule has 0 spiro atoms. The summed E-state index contributed by atoms with van der Waals surface area (Å²) in [6.45, 7) is 0.813. The van der Waals surface area contributed by atoms with Gasteiger partial charge in [0.25, 0.3) is 0 Å². The monoisotopic (exact) mass is 543 g/mol. The summed E-state index contributed by atoms with van der Waals surface area (Å²) < 4.78 is 43.1. The molecule has 3 rings (SSSR count). The average Bonchev–Trinajstić information content (AvgIpc) is 3.38. The fourth-order valence-electron chi connectivity index (χ4n) is 2.14. The zero-order chi connectivity index (χ0) is 19.3. The molecule has 0 saturated carbocycles. The summed E-state index contributed by atoms with van der Waals surface area (Å²) in [7, 11) is 1.61. The van der Waals surface area contributed by atoms with Crippen LogP contribution in [-0.4, -0.2) is 29.5 Å². The number of thiophene rings is 1. The van der Waals surface area contributed by atoms with Gasteiger partial charge in [-0.1, -0.05) is 6.07 Å². The van der Waals surface area contributed by atoms with Crippen molar-refractivity contribution in [2.45, 2.75) is 19.1 Å². The van der Waals surface area contributed by atoms with Crippen LogP contribution < -0.4 is 10.6 Å². The minimum absolute atomic E-state index is 0. The molecule has 0 radical (unpaired) electrons. The van der Waals surface area contributed by atoms with Crippen molar-refractivity contribution in [1.29, 1.82) is 0 Å². The Kier molecular flexibility index (Phi) is 8.24. The van der Waals surface area contributed by atoms with Gasteiger partial charge in [0.15, 0.2) is 11.7 Å². The third-order valence-corrected chi connectivity index (χ3v) is 5.18. The third kappa shape index (κ3) is 6.17. The normalized spacial score (nSPS) is 11.9. The fraction of sp³-hybridized carbons (Fsp3) is 0.312. The molecule has 3 aromatic rings. The number of halogens is 4. The number of alkyl halides is 3. The van der Waals surface area contributed by atoms with Crippen molar-refractivity contribution >= 4 is 52.6 Å². The largest absolute Gasteiger partial charge is 0.443 e. The average molecular weight is 543 g/mol. The molecule has 0 aliphatic carbocycles. The molecule has 3 aromatic heterocycles. The molecule has 0 amide bonds. The van der Waals surface area contributed by atoms with E-state index >= 15 is 0 Å². The van der Waals surface area contributed by atoms with E-state index in [1.165, 1.54) is 0 Å². The molecule has 0 saturated heterocycles. The van der Waals surface area contributed by atoms with Crippen molar-refractivity contribution in [3.05, 3.63) is 45.6 Å². The molecule has 28 heavy (non-hydrogen) atoms. The summed E-state index contributed by atoms with van der Waals surface area (Å²) in [5.41, 5.74) is -0.131. The van der Waals surface area contributed by atoms with Gasteiger partial charge in [-0.2, -0.15) is 13.2 Å². The zero-order valence-corrected chi connectivity index (χ0v) is 18.6. The fourth-order valence-corrected chi connectivity index (χ4v) is 3.60. The Bertz CT molecular complexity index is 892. The van der Waals surface area contributed by atoms with E-state index in [9.17, 15) is 13.2 Å². The highest BCUT2D eigenvalue weighted by molar-refractivity contribution is 14.0. The molecule has 0 aliphatic rings. The van der Waals surface area contributed by atoms with Crippen molar-refractivity contribution in [2.75, 3.05) is 13.6 Å². The smallest absolute Gasteiger partial charge is 0.434 e. The number of guanidine groups is 1. The lowest BCUT2D eigenvalue weighted by Crippen LogP contribution is -2.37. The maximum atomic E-state index is 12.5. The number of rotatable bonds is 6. The molecular formula is C16H17F3IN5OS2. The Balaban J connectivity index is 0.00000280. The van der Waals surface area contributed by atoms with Crippen LogP contribution in [0.3, 0.4) is 0 Å². The highest BCUT2D eigenvalue weighted by Crippen LogP contribution is 2.30. The standard InChI is InChI=1S/C16H16F3N5OS2.HI/c1-20-15(21-5-4-13-24-12(9-27-13)16(17,18)19)22-7-10-8-25-14(23-10)11-3-2-6-26-11;/h2-3,6,8-9H,4-5,7H2,1H3,(H2,20,21,22);1H. The molecule has 3 heterocycles. The Hall–Kier alpha value is -1.67. The van der Waals surface area contributed by atoms with E-state index in [-0.39, 0.29) is 24.0 Å². The van der Waals surface area contributed by atoms with Crippen LogP contribution in [0.25, 0.3) is 10.8 Å². The van der Waals surface area contributed by atoms with Crippen LogP contribution in [0.2, 0.25) is 0 Å². The van der Waals surface area contributed by atoms with Crippen LogP contribution >= 0.6 is 46.7 Å². The van der Waals surface area contributed by atoms with Crippen molar-refractivity contribution in [3.63, 3.8) is 0 Å². The van der Waals surface area contributed by atoms with Crippen molar-refractivity contribution in [3.8, 4) is 10.8 Å². The molecule has 12 heteroatoms. The number of oxazole rings is 1. The van der Waals surface area contributed by atoms with E-state index in [2.05, 4.69) is 25.6 Å². The van der Waals surface area contributed by atoms with Crippen molar-refractivity contribution in [2.24, 2.45) is 4.99 Å². The van der Waals surface area contributed by atoms with Gasteiger partial charge < -0.3 is 15.1 Å². The Morgan fingerprint density at radius 1 is 1.25 bits per heavy atom. The molecule has 2 N–H and O–H groups in total. The number of aliphatic imine (C=N–C) groups is 1. The van der Waals surface area contributed by atoms with Gasteiger partial charge in [0.05, 0.1) is 22.1 Å². The Labute approximate surface area is 184 Å². The number of aromatic nitrogens is 2. The molecular weight excluding hydrogens is 526 g/mol. The van der Waals surface area contributed by atoms with Gasteiger partial charge >= 0.3 is 6.18 Å². The van der Waals surface area contributed by atoms with Gasteiger partial charge in [-0.15, -0.1) is 46.7 Å². The summed E-state index contributed by atoms with van der Waals surface area (Å²) in [6.07, 6.45) is -2.46. The number of nitrogens with one attached hydrogen (secondary N) is 2. The summed E-state index contributed by atoms with van der Waals surface area (Å²) in [5, 5.41) is 9.51. The first-order valence-electron chi connectivity index (χ1n) is 7.90. The number of hydrogen-bond acceptors (Lipinski definition) is 6. The van der Waals surface area contributed by atoms with E-state index in [4.69, 9.17) is 4.42 Å². The molecule has 0 bridgehead atoms. The summed E-state index contributed by atoms with van der Waals surface area (Å²) >= 11 is 2.54. The number of nitrogens with zero attached hydrogens (tertiary/aromatic N) is 3. The molecule has 0 fully saturated rings. The van der Waals surface area contributed by atoms with Crippen LogP contribution in [0.1, 0.15) is 16.4 Å². The van der Waals surface area contributed by atoms with Crippen LogP contribution in [0.5, 0.6) is 0 Å². The maximum absolute atomic E-state index is 12.5. The van der Waals surface area contributed by atoms with Gasteiger partial charge in [0, 0.05) is 25.4 Å². The predicted octanol–water partition coefficient (Wildman–Crippen LogP) is 4.40. The quantitative estimate of drug-likeness (QED) is 0.274. The van der Waals surface area contributed by atoms with E-state index in [0.717, 1.165) is 27.3 Å². The Morgan fingerprint density at radius 2 is 2.07 bits per heavy atom. The van der Waals surface area contributed by atoms with Crippen LogP contribution in [0, 0.1) is 0 Å². The van der Waals surface area contributed by atoms with E-state index in [0.29, 0.717) is 36.4 Å². The second-order valence-corrected chi connectivity index (χ2v) is 7.24. The molecule has 152 valence electrons. The summed E-state index contributed by atoms with van der Waals surface area (Å²) in [6, 6.07) is 3.85. The van der Waals surface area contributed by atoms with E-state index < -0.39 is 11.9 Å². The van der Waals surface area contributed by atoms with Crippen LogP contribution in [-0.2, 0) is 19.1 Å². The van der Waals surface area contributed by atoms with Gasteiger partial charge in [0.1, 0.15) is 6.26 Å². The summed E-state index contributed by atoms with van der Waals surface area (Å²) in [4.78, 5) is 13.0.